The molecule has 0 aromatic heterocycles. The molecule has 3 amide bonds. The van der Waals surface area contributed by atoms with E-state index in [9.17, 15) is 14.4 Å². The lowest BCUT2D eigenvalue weighted by Crippen LogP contribution is -2.49. The quantitative estimate of drug-likeness (QED) is 0.603. The molecule has 34 heavy (non-hydrogen) atoms. The number of hydrogen-bond acceptors (Lipinski definition) is 5. The standard InChI is InChI=1S/C25H30ClN5O3/c26-21-4-1-2-5-22(21)28-24(33)18-30-16-14-29(15-17-30)13-11-23(32)27-19-7-9-20(10-8-19)31-12-3-6-25(31)34/h1-2,4-5,7-10H,3,6,11-18H2,(H,27,32)(H,28,33). The maximum Gasteiger partial charge on any atom is 0.238 e. The van der Waals surface area contributed by atoms with Gasteiger partial charge in [-0.3, -0.25) is 19.3 Å². The van der Waals surface area contributed by atoms with Crippen molar-refractivity contribution in [2.75, 3.05) is 61.3 Å². The Bertz CT molecular complexity index is 1020. The maximum absolute atomic E-state index is 12.4. The van der Waals surface area contributed by atoms with E-state index >= 15 is 0 Å². The average Bonchev–Trinajstić information content (AvgIpc) is 3.26. The van der Waals surface area contributed by atoms with Crippen molar-refractivity contribution in [2.45, 2.75) is 19.3 Å². The fourth-order valence-corrected chi connectivity index (χ4v) is 4.44. The summed E-state index contributed by atoms with van der Waals surface area (Å²) >= 11 is 6.10. The first-order valence-electron chi connectivity index (χ1n) is 11.7. The second kappa shape index (κ2) is 11.5. The summed E-state index contributed by atoms with van der Waals surface area (Å²) < 4.78 is 0. The molecule has 0 radical (unpaired) electrons. The molecule has 8 nitrogen and oxygen atoms in total. The van der Waals surface area contributed by atoms with Crippen LogP contribution in [-0.2, 0) is 14.4 Å². The molecule has 2 fully saturated rings. The van der Waals surface area contributed by atoms with Gasteiger partial charge in [-0.15, -0.1) is 0 Å². The fraction of sp³-hybridized carbons (Fsp3) is 0.400. The second-order valence-corrected chi connectivity index (χ2v) is 9.05. The van der Waals surface area contributed by atoms with Crippen LogP contribution in [0.3, 0.4) is 0 Å². The number of rotatable bonds is 8. The molecule has 2 aliphatic heterocycles. The summed E-state index contributed by atoms with van der Waals surface area (Å²) in [6.07, 6.45) is 1.89. The number of para-hydroxylation sites is 1. The number of nitrogens with one attached hydrogen (secondary N) is 2. The molecule has 180 valence electrons. The van der Waals surface area contributed by atoms with Crippen LogP contribution in [0, 0.1) is 0 Å². The van der Waals surface area contributed by atoms with Gasteiger partial charge in [0.1, 0.15) is 0 Å². The van der Waals surface area contributed by atoms with Gasteiger partial charge in [0, 0.05) is 63.5 Å². The van der Waals surface area contributed by atoms with Crippen molar-refractivity contribution in [3.8, 4) is 0 Å². The van der Waals surface area contributed by atoms with Gasteiger partial charge >= 0.3 is 0 Å². The van der Waals surface area contributed by atoms with Crippen LogP contribution in [0.5, 0.6) is 0 Å². The number of carbonyl (C=O) groups excluding carboxylic acids is 3. The molecule has 2 aromatic rings. The summed E-state index contributed by atoms with van der Waals surface area (Å²) in [6, 6.07) is 14.6. The predicted octanol–water partition coefficient (Wildman–Crippen LogP) is 3.05. The smallest absolute Gasteiger partial charge is 0.238 e. The average molecular weight is 484 g/mol. The third-order valence-electron chi connectivity index (χ3n) is 6.17. The Morgan fingerprint density at radius 3 is 2.24 bits per heavy atom. The Labute approximate surface area is 204 Å². The molecule has 2 N–H and O–H groups in total. The zero-order valence-electron chi connectivity index (χ0n) is 19.1. The number of anilines is 3. The van der Waals surface area contributed by atoms with Crippen molar-refractivity contribution in [1.29, 1.82) is 0 Å². The minimum absolute atomic E-state index is 0.0356. The molecule has 0 saturated carbocycles. The van der Waals surface area contributed by atoms with E-state index < -0.39 is 0 Å². The molecule has 2 aromatic carbocycles. The summed E-state index contributed by atoms with van der Waals surface area (Å²) in [5.41, 5.74) is 2.23. The molecule has 2 heterocycles. The fourth-order valence-electron chi connectivity index (χ4n) is 4.26. The monoisotopic (exact) mass is 483 g/mol. The van der Waals surface area contributed by atoms with Crippen LogP contribution in [0.1, 0.15) is 19.3 Å². The summed E-state index contributed by atoms with van der Waals surface area (Å²) in [6.45, 7) is 4.91. The summed E-state index contributed by atoms with van der Waals surface area (Å²) in [4.78, 5) is 42.7. The zero-order chi connectivity index (χ0) is 23.9. The van der Waals surface area contributed by atoms with Crippen LogP contribution in [0.2, 0.25) is 5.02 Å². The van der Waals surface area contributed by atoms with Crippen LogP contribution in [0.4, 0.5) is 17.1 Å². The van der Waals surface area contributed by atoms with E-state index in [0.717, 1.165) is 50.5 Å². The normalized spacial score (nSPS) is 17.1. The Morgan fingerprint density at radius 2 is 1.56 bits per heavy atom. The lowest BCUT2D eigenvalue weighted by atomic mass is 10.2. The lowest BCUT2D eigenvalue weighted by molar-refractivity contribution is -0.118. The van der Waals surface area contributed by atoms with Gasteiger partial charge in [0.05, 0.1) is 17.3 Å². The van der Waals surface area contributed by atoms with Crippen molar-refractivity contribution in [1.82, 2.24) is 9.80 Å². The van der Waals surface area contributed by atoms with Crippen LogP contribution >= 0.6 is 11.6 Å². The molecule has 0 atom stereocenters. The largest absolute Gasteiger partial charge is 0.326 e. The van der Waals surface area contributed by atoms with Crippen molar-refractivity contribution in [3.05, 3.63) is 53.6 Å². The highest BCUT2D eigenvalue weighted by atomic mass is 35.5. The van der Waals surface area contributed by atoms with Crippen molar-refractivity contribution in [3.63, 3.8) is 0 Å². The molecule has 2 saturated heterocycles. The Balaban J connectivity index is 1.14. The van der Waals surface area contributed by atoms with E-state index in [1.807, 2.05) is 36.4 Å². The topological polar surface area (TPSA) is 85.0 Å². The van der Waals surface area contributed by atoms with Crippen LogP contribution in [0.25, 0.3) is 0 Å². The number of halogens is 1. The highest BCUT2D eigenvalue weighted by molar-refractivity contribution is 6.33. The molecular weight excluding hydrogens is 454 g/mol. The highest BCUT2D eigenvalue weighted by Gasteiger charge is 2.22. The maximum atomic E-state index is 12.4. The highest BCUT2D eigenvalue weighted by Crippen LogP contribution is 2.23. The van der Waals surface area contributed by atoms with E-state index in [1.54, 1.807) is 17.0 Å². The van der Waals surface area contributed by atoms with Gasteiger partial charge in [0.25, 0.3) is 0 Å². The summed E-state index contributed by atoms with van der Waals surface area (Å²) in [7, 11) is 0. The third kappa shape index (κ3) is 6.56. The van der Waals surface area contributed by atoms with E-state index in [2.05, 4.69) is 20.4 Å². The molecule has 0 spiro atoms. The molecule has 9 heteroatoms. The van der Waals surface area contributed by atoms with Crippen molar-refractivity contribution < 1.29 is 14.4 Å². The number of nitrogens with zero attached hydrogens (tertiary/aromatic N) is 3. The summed E-state index contributed by atoms with van der Waals surface area (Å²) in [5, 5.41) is 6.31. The molecule has 0 bridgehead atoms. The third-order valence-corrected chi connectivity index (χ3v) is 6.50. The number of hydrogen-bond donors (Lipinski definition) is 2. The van der Waals surface area contributed by atoms with Crippen LogP contribution in [-0.4, -0.2) is 73.3 Å². The molecule has 4 rings (SSSR count). The van der Waals surface area contributed by atoms with Gasteiger partial charge in [0.2, 0.25) is 17.7 Å². The molecule has 0 aliphatic carbocycles. The van der Waals surface area contributed by atoms with Gasteiger partial charge in [0.15, 0.2) is 0 Å². The Morgan fingerprint density at radius 1 is 0.853 bits per heavy atom. The van der Waals surface area contributed by atoms with Crippen LogP contribution in [0.15, 0.2) is 48.5 Å². The first kappa shape index (κ1) is 24.2. The first-order chi connectivity index (χ1) is 16.5. The Kier molecular flexibility index (Phi) is 8.16. The SMILES string of the molecule is O=C(CCN1CCN(CC(=O)Nc2ccccc2Cl)CC1)Nc1ccc(N2CCCC2=O)cc1. The predicted molar refractivity (Wildman–Crippen MR) is 134 cm³/mol. The van der Waals surface area contributed by atoms with Crippen molar-refractivity contribution >= 4 is 46.4 Å². The minimum atomic E-state index is -0.0824. The van der Waals surface area contributed by atoms with Crippen LogP contribution < -0.4 is 15.5 Å². The lowest BCUT2D eigenvalue weighted by Gasteiger charge is -2.34. The van der Waals surface area contributed by atoms with E-state index in [4.69, 9.17) is 11.6 Å². The molecule has 0 unspecified atom stereocenters. The van der Waals surface area contributed by atoms with Gasteiger partial charge in [-0.2, -0.15) is 0 Å². The van der Waals surface area contributed by atoms with Gasteiger partial charge in [-0.25, -0.2) is 0 Å². The number of piperazine rings is 1. The number of benzene rings is 2. The van der Waals surface area contributed by atoms with Gasteiger partial charge < -0.3 is 20.4 Å². The minimum Gasteiger partial charge on any atom is -0.326 e. The second-order valence-electron chi connectivity index (χ2n) is 8.64. The van der Waals surface area contributed by atoms with Gasteiger partial charge in [-0.1, -0.05) is 23.7 Å². The molecular formula is C25H30ClN5O3. The summed E-state index contributed by atoms with van der Waals surface area (Å²) in [5.74, 6) is 0.0330. The first-order valence-corrected chi connectivity index (χ1v) is 12.0. The number of amides is 3. The Hall–Kier alpha value is -2.94. The van der Waals surface area contributed by atoms with E-state index in [-0.39, 0.29) is 17.7 Å². The van der Waals surface area contributed by atoms with E-state index in [1.165, 1.54) is 0 Å². The zero-order valence-corrected chi connectivity index (χ0v) is 19.9. The van der Waals surface area contributed by atoms with Gasteiger partial charge in [-0.05, 0) is 42.8 Å². The van der Waals surface area contributed by atoms with Crippen molar-refractivity contribution in [2.24, 2.45) is 0 Å². The molecule has 2 aliphatic rings. The number of carbonyl (C=O) groups is 3. The van der Waals surface area contributed by atoms with E-state index in [0.29, 0.717) is 36.6 Å².